The van der Waals surface area contributed by atoms with Gasteiger partial charge in [0, 0.05) is 41.1 Å². The maximum absolute atomic E-state index is 15.3. The normalized spacial score (nSPS) is 27.6. The predicted octanol–water partition coefficient (Wildman–Crippen LogP) is 6.47. The van der Waals surface area contributed by atoms with Crippen LogP contribution in [0.1, 0.15) is 100 Å². The molecule has 4 aliphatic rings. The first-order chi connectivity index (χ1) is 30.1. The lowest BCUT2D eigenvalue weighted by Gasteiger charge is -2.43. The van der Waals surface area contributed by atoms with Crippen LogP contribution >= 0.6 is 0 Å². The summed E-state index contributed by atoms with van der Waals surface area (Å²) in [7, 11) is -2.48. The van der Waals surface area contributed by atoms with Gasteiger partial charge in [-0.15, -0.1) is 0 Å². The SMILES string of the molecule is COc1ccc2c(O[C@@H]3C[C@H]4C(=O)N[C@]5(C(=O)NS(=O)(=O)C6(C)CC6)C[C@H]5/C=C\CC[C@H](C)C[C@@H](C)[C@H](N(C(=O)O)C(C)(C)C)C(=O)N4C3)nc(-c3ccc(OC(C)C)nc3)cc2c1. The van der Waals surface area contributed by atoms with Gasteiger partial charge in [-0.3, -0.25) is 24.0 Å². The number of pyridine rings is 2. The number of carbonyl (C=O) groups excluding carboxylic acids is 3. The van der Waals surface area contributed by atoms with E-state index in [0.717, 1.165) is 11.8 Å². The van der Waals surface area contributed by atoms with Gasteiger partial charge < -0.3 is 29.5 Å². The van der Waals surface area contributed by atoms with Crippen molar-refractivity contribution >= 4 is 44.6 Å². The van der Waals surface area contributed by atoms with Gasteiger partial charge in [0.2, 0.25) is 33.6 Å². The second kappa shape index (κ2) is 17.5. The monoisotopic (exact) mass is 902 g/mol. The molecule has 2 aromatic heterocycles. The number of amides is 4. The van der Waals surface area contributed by atoms with Crippen molar-refractivity contribution < 1.29 is 46.9 Å². The first-order valence-electron chi connectivity index (χ1n) is 22.2. The highest BCUT2D eigenvalue weighted by atomic mass is 32.2. The third kappa shape index (κ3) is 9.50. The summed E-state index contributed by atoms with van der Waals surface area (Å²) in [6.07, 6.45) is 6.09. The lowest BCUT2D eigenvalue weighted by atomic mass is 9.85. The molecule has 2 saturated carbocycles. The maximum atomic E-state index is 15.3. The molecule has 0 unspecified atom stereocenters. The number of allylic oxidation sites excluding steroid dienone is 1. The molecule has 1 saturated heterocycles. The number of benzene rings is 1. The molecule has 1 aromatic carbocycles. The summed E-state index contributed by atoms with van der Waals surface area (Å²) in [6, 6.07) is 8.50. The van der Waals surface area contributed by atoms with Crippen LogP contribution in [0.25, 0.3) is 22.0 Å². The van der Waals surface area contributed by atoms with E-state index in [0.29, 0.717) is 54.0 Å². The number of fused-ring (bicyclic) bond motifs is 3. The van der Waals surface area contributed by atoms with E-state index in [1.54, 1.807) is 53.1 Å². The molecule has 3 aromatic rings. The number of methoxy groups -OCH3 is 1. The van der Waals surface area contributed by atoms with Crippen LogP contribution in [0.3, 0.4) is 0 Å². The van der Waals surface area contributed by atoms with Gasteiger partial charge in [0.1, 0.15) is 29.5 Å². The Morgan fingerprint density at radius 3 is 2.44 bits per heavy atom. The molecule has 7 rings (SSSR count). The predicted molar refractivity (Wildman–Crippen MR) is 240 cm³/mol. The summed E-state index contributed by atoms with van der Waals surface area (Å²) in [5.74, 6) is -1.68. The van der Waals surface area contributed by atoms with Gasteiger partial charge >= 0.3 is 6.09 Å². The number of ether oxygens (including phenoxy) is 3. The maximum Gasteiger partial charge on any atom is 0.408 e. The fraction of sp³-hybridized carbons (Fsp3) is 0.574. The Balaban J connectivity index is 1.29. The van der Waals surface area contributed by atoms with Crippen LogP contribution < -0.4 is 24.2 Å². The number of nitrogens with one attached hydrogen (secondary N) is 2. The molecule has 0 spiro atoms. The highest BCUT2D eigenvalue weighted by Gasteiger charge is 2.63. The molecule has 16 nitrogen and oxygen atoms in total. The first-order valence-corrected chi connectivity index (χ1v) is 23.7. The van der Waals surface area contributed by atoms with Crippen LogP contribution in [0.2, 0.25) is 0 Å². The molecule has 0 bridgehead atoms. The van der Waals surface area contributed by atoms with Crippen molar-refractivity contribution in [3.8, 4) is 28.8 Å². The number of hydrogen-bond acceptors (Lipinski definition) is 11. The molecule has 0 radical (unpaired) electrons. The van der Waals surface area contributed by atoms with Crippen molar-refractivity contribution in [1.82, 2.24) is 29.8 Å². The van der Waals surface area contributed by atoms with Crippen LogP contribution in [0, 0.1) is 17.8 Å². The summed E-state index contributed by atoms with van der Waals surface area (Å²) in [4.78, 5) is 69.4. The highest BCUT2D eigenvalue weighted by molar-refractivity contribution is 7.91. The molecule has 346 valence electrons. The van der Waals surface area contributed by atoms with Crippen molar-refractivity contribution in [3.05, 3.63) is 54.7 Å². The van der Waals surface area contributed by atoms with Crippen molar-refractivity contribution in [2.75, 3.05) is 13.7 Å². The fourth-order valence-electron chi connectivity index (χ4n) is 9.13. The summed E-state index contributed by atoms with van der Waals surface area (Å²) < 4.78 is 45.9. The van der Waals surface area contributed by atoms with E-state index < -0.39 is 79.7 Å². The number of carboxylic acid groups (broad SMARTS) is 1. The number of rotatable bonds is 10. The lowest BCUT2D eigenvalue weighted by molar-refractivity contribution is -0.146. The molecule has 64 heavy (non-hydrogen) atoms. The van der Waals surface area contributed by atoms with Gasteiger partial charge in [0.25, 0.3) is 5.91 Å². The molecule has 4 amide bonds. The lowest BCUT2D eigenvalue weighted by Crippen LogP contribution is -2.62. The highest BCUT2D eigenvalue weighted by Crippen LogP contribution is 2.48. The molecule has 2 aliphatic carbocycles. The number of nitrogens with zero attached hydrogens (tertiary/aromatic N) is 4. The summed E-state index contributed by atoms with van der Waals surface area (Å²) in [5.41, 5.74) is -1.39. The minimum atomic E-state index is -4.05. The zero-order chi connectivity index (χ0) is 46.5. The molecule has 3 N–H and O–H groups in total. The van der Waals surface area contributed by atoms with Gasteiger partial charge in [-0.1, -0.05) is 26.0 Å². The first kappa shape index (κ1) is 46.5. The smallest absolute Gasteiger partial charge is 0.408 e. The molecule has 7 atom stereocenters. The van der Waals surface area contributed by atoms with Gasteiger partial charge in [-0.05, 0) is 128 Å². The Morgan fingerprint density at radius 2 is 1.81 bits per heavy atom. The van der Waals surface area contributed by atoms with Gasteiger partial charge in [0.05, 0.1) is 30.2 Å². The topological polar surface area (TPSA) is 207 Å². The average Bonchev–Trinajstić information content (AvgIpc) is 4.10. The number of hydrogen-bond donors (Lipinski definition) is 3. The van der Waals surface area contributed by atoms with E-state index >= 15 is 4.79 Å². The van der Waals surface area contributed by atoms with Crippen LogP contribution in [0.4, 0.5) is 4.79 Å². The largest absolute Gasteiger partial charge is 0.497 e. The van der Waals surface area contributed by atoms with E-state index in [9.17, 15) is 27.9 Å². The second-order valence-corrected chi connectivity index (χ2v) is 21.9. The molecular formula is C47H62N6O10S. The molecule has 4 heterocycles. The van der Waals surface area contributed by atoms with E-state index in [2.05, 4.69) is 21.9 Å². The van der Waals surface area contributed by atoms with Crippen LogP contribution in [-0.4, -0.2) is 111 Å². The van der Waals surface area contributed by atoms with Gasteiger partial charge in [-0.25, -0.2) is 23.2 Å². The average molecular weight is 903 g/mol. The van der Waals surface area contributed by atoms with Crippen molar-refractivity contribution in [3.63, 3.8) is 0 Å². The Kier molecular flexibility index (Phi) is 12.7. The van der Waals surface area contributed by atoms with Crippen molar-refractivity contribution in [2.24, 2.45) is 17.8 Å². The summed E-state index contributed by atoms with van der Waals surface area (Å²) in [5, 5.41) is 15.0. The van der Waals surface area contributed by atoms with Gasteiger partial charge in [0.15, 0.2) is 0 Å². The molecular weight excluding hydrogens is 841 g/mol. The van der Waals surface area contributed by atoms with Crippen LogP contribution in [0.15, 0.2) is 54.7 Å². The van der Waals surface area contributed by atoms with E-state index in [1.807, 2.05) is 57.2 Å². The quantitative estimate of drug-likeness (QED) is 0.187. The minimum absolute atomic E-state index is 0.0431. The van der Waals surface area contributed by atoms with E-state index in [1.165, 1.54) is 9.80 Å². The molecule has 17 heteroatoms. The Hall–Kier alpha value is -5.45. The van der Waals surface area contributed by atoms with Crippen LogP contribution in [0.5, 0.6) is 17.5 Å². The van der Waals surface area contributed by atoms with Crippen molar-refractivity contribution in [1.29, 1.82) is 0 Å². The van der Waals surface area contributed by atoms with E-state index in [-0.39, 0.29) is 37.3 Å². The second-order valence-electron chi connectivity index (χ2n) is 19.7. The summed E-state index contributed by atoms with van der Waals surface area (Å²) in [6.45, 7) is 14.4. The van der Waals surface area contributed by atoms with Crippen LogP contribution in [-0.2, 0) is 24.4 Å². The minimum Gasteiger partial charge on any atom is -0.497 e. The zero-order valence-corrected chi connectivity index (χ0v) is 39.0. The molecule has 2 aliphatic heterocycles. The van der Waals surface area contributed by atoms with E-state index in [4.69, 9.17) is 19.2 Å². The number of carbonyl (C=O) groups is 4. The Labute approximate surface area is 375 Å². The third-order valence-corrected chi connectivity index (χ3v) is 15.2. The Bertz CT molecular complexity index is 2430. The summed E-state index contributed by atoms with van der Waals surface area (Å²) >= 11 is 0. The zero-order valence-electron chi connectivity index (χ0n) is 38.2. The third-order valence-electron chi connectivity index (χ3n) is 13.1. The fourth-order valence-corrected chi connectivity index (χ4v) is 10.4. The number of sulfonamides is 1. The Morgan fingerprint density at radius 1 is 1.08 bits per heavy atom. The standard InChI is InChI=1S/C47H62N6O10S/c1-27(2)62-38-17-14-30(25-48-38)36-22-31-21-33(61-9)15-16-35(31)41(49-36)63-34-23-37-40(54)50-47(43(56)51-64(59,60)46(8)18-19-46)24-32(47)13-11-10-12-28(3)20-29(4)39(42(55)52(37)26-34)53(44(57)58)45(5,6)7/h11,13-17,21-22,25,27-29,32,34,37,39H,10,12,18-20,23-24,26H2,1-9H3,(H,50,54)(H,51,56)(H,57,58)/b13-11-/t28-,29+,32+,34+,37-,39-,47+/m0/s1. The number of aromatic nitrogens is 2. The van der Waals surface area contributed by atoms with Gasteiger partial charge in [-0.2, -0.15) is 0 Å². The molecule has 3 fully saturated rings. The van der Waals surface area contributed by atoms with Crippen molar-refractivity contribution in [2.45, 2.75) is 140 Å².